The Labute approximate surface area is 159 Å². The van der Waals surface area contributed by atoms with E-state index in [-0.39, 0.29) is 23.6 Å². The molecule has 27 heavy (non-hydrogen) atoms. The van der Waals surface area contributed by atoms with Gasteiger partial charge in [-0.3, -0.25) is 20.3 Å². The maximum absolute atomic E-state index is 12.3. The Morgan fingerprint density at radius 3 is 2.63 bits per heavy atom. The van der Waals surface area contributed by atoms with Crippen LogP contribution in [-0.4, -0.2) is 46.9 Å². The minimum Gasteiger partial charge on any atom is -0.443 e. The standard InChI is InChI=1S/C19H27N3O5/c1-3-21(4-2)19-13-7-5-6-8-16(17(19)27-19)26-18(23)20-14-9-11-15(12-10-14)22(24)25/h9-12,16-17H,3-8,13H2,1-2H3,(H,20,23). The predicted molar refractivity (Wildman–Crippen MR) is 101 cm³/mol. The van der Waals surface area contributed by atoms with Crippen molar-refractivity contribution in [3.63, 3.8) is 0 Å². The summed E-state index contributed by atoms with van der Waals surface area (Å²) < 4.78 is 11.8. The molecule has 3 unspecified atom stereocenters. The lowest BCUT2D eigenvalue weighted by atomic mass is 9.93. The summed E-state index contributed by atoms with van der Waals surface area (Å²) in [5.41, 5.74) is 0.134. The second-order valence-corrected chi connectivity index (χ2v) is 7.03. The summed E-state index contributed by atoms with van der Waals surface area (Å²) >= 11 is 0. The molecular formula is C19H27N3O5. The number of nitro groups is 1. The Morgan fingerprint density at radius 1 is 1.30 bits per heavy atom. The number of likely N-dealkylation sites (N-methyl/N-ethyl adjacent to an activating group) is 1. The Hall–Kier alpha value is -2.19. The number of benzene rings is 1. The van der Waals surface area contributed by atoms with Crippen molar-refractivity contribution in [3.8, 4) is 0 Å². The molecule has 2 fully saturated rings. The number of nitrogens with zero attached hydrogens (tertiary/aromatic N) is 2. The van der Waals surface area contributed by atoms with Gasteiger partial charge in [0.2, 0.25) is 0 Å². The molecule has 1 amide bonds. The molecule has 8 heteroatoms. The molecule has 1 aromatic rings. The summed E-state index contributed by atoms with van der Waals surface area (Å²) in [4.78, 5) is 24.9. The fraction of sp³-hybridized carbons (Fsp3) is 0.632. The molecule has 1 saturated carbocycles. The van der Waals surface area contributed by atoms with E-state index >= 15 is 0 Å². The van der Waals surface area contributed by atoms with Crippen molar-refractivity contribution in [2.24, 2.45) is 0 Å². The van der Waals surface area contributed by atoms with Gasteiger partial charge in [-0.05, 0) is 50.9 Å². The molecule has 1 aliphatic carbocycles. The van der Waals surface area contributed by atoms with E-state index in [1.165, 1.54) is 24.3 Å². The molecule has 0 aromatic heterocycles. The van der Waals surface area contributed by atoms with Crippen molar-refractivity contribution in [2.45, 2.75) is 63.9 Å². The molecule has 0 bridgehead atoms. The van der Waals surface area contributed by atoms with Crippen LogP contribution < -0.4 is 5.32 Å². The maximum atomic E-state index is 12.3. The number of epoxide rings is 1. The lowest BCUT2D eigenvalue weighted by Gasteiger charge is -2.30. The number of rotatable bonds is 6. The summed E-state index contributed by atoms with van der Waals surface area (Å²) in [7, 11) is 0. The monoisotopic (exact) mass is 377 g/mol. The van der Waals surface area contributed by atoms with Gasteiger partial charge in [0.15, 0.2) is 5.72 Å². The zero-order valence-corrected chi connectivity index (χ0v) is 15.8. The van der Waals surface area contributed by atoms with Gasteiger partial charge in [0.05, 0.1) is 4.92 Å². The highest BCUT2D eigenvalue weighted by molar-refractivity contribution is 5.84. The van der Waals surface area contributed by atoms with E-state index in [1.54, 1.807) is 0 Å². The highest BCUT2D eigenvalue weighted by atomic mass is 16.7. The molecule has 8 nitrogen and oxygen atoms in total. The van der Waals surface area contributed by atoms with Gasteiger partial charge in [0.25, 0.3) is 5.69 Å². The number of nitro benzene ring substituents is 1. The predicted octanol–water partition coefficient (Wildman–Crippen LogP) is 3.91. The van der Waals surface area contributed by atoms with Crippen LogP contribution in [0.15, 0.2) is 24.3 Å². The van der Waals surface area contributed by atoms with Crippen LogP contribution in [0.4, 0.5) is 16.2 Å². The third-order valence-electron chi connectivity index (χ3n) is 5.46. The molecule has 1 aliphatic heterocycles. The molecule has 1 heterocycles. The lowest BCUT2D eigenvalue weighted by molar-refractivity contribution is -0.384. The highest BCUT2D eigenvalue weighted by Gasteiger charge is 2.63. The first-order valence-corrected chi connectivity index (χ1v) is 9.65. The topological polar surface area (TPSA) is 97.2 Å². The van der Waals surface area contributed by atoms with E-state index in [4.69, 9.17) is 9.47 Å². The summed E-state index contributed by atoms with van der Waals surface area (Å²) in [6.45, 7) is 6.03. The Balaban J connectivity index is 1.63. The SMILES string of the molecule is CCN(CC)C12CCCCCC(OC(=O)Nc3ccc([N+](=O)[O-])cc3)C1O2. The second-order valence-electron chi connectivity index (χ2n) is 7.03. The molecule has 2 aliphatic rings. The van der Waals surface area contributed by atoms with E-state index in [2.05, 4.69) is 24.1 Å². The van der Waals surface area contributed by atoms with Crippen LogP contribution in [0.5, 0.6) is 0 Å². The van der Waals surface area contributed by atoms with Crippen molar-refractivity contribution < 1.29 is 19.2 Å². The molecule has 0 spiro atoms. The summed E-state index contributed by atoms with van der Waals surface area (Å²) in [6.07, 6.45) is 4.02. The summed E-state index contributed by atoms with van der Waals surface area (Å²) in [6, 6.07) is 5.68. The van der Waals surface area contributed by atoms with Crippen LogP contribution in [0.25, 0.3) is 0 Å². The van der Waals surface area contributed by atoms with E-state index < -0.39 is 11.0 Å². The molecular weight excluding hydrogens is 350 g/mol. The molecule has 3 atom stereocenters. The number of nitrogens with one attached hydrogen (secondary N) is 1. The van der Waals surface area contributed by atoms with Gasteiger partial charge < -0.3 is 9.47 Å². The summed E-state index contributed by atoms with van der Waals surface area (Å²) in [5, 5.41) is 13.4. The lowest BCUT2D eigenvalue weighted by Crippen LogP contribution is -2.44. The van der Waals surface area contributed by atoms with Gasteiger partial charge in [-0.15, -0.1) is 0 Å². The van der Waals surface area contributed by atoms with Crippen LogP contribution in [0.3, 0.4) is 0 Å². The third-order valence-corrected chi connectivity index (χ3v) is 5.46. The molecule has 0 radical (unpaired) electrons. The smallest absolute Gasteiger partial charge is 0.411 e. The number of hydrogen-bond acceptors (Lipinski definition) is 6. The summed E-state index contributed by atoms with van der Waals surface area (Å²) in [5.74, 6) is 0. The number of ether oxygens (including phenoxy) is 2. The fourth-order valence-corrected chi connectivity index (χ4v) is 4.05. The van der Waals surface area contributed by atoms with E-state index in [0.29, 0.717) is 5.69 Å². The second kappa shape index (κ2) is 8.22. The highest BCUT2D eigenvalue weighted by Crippen LogP contribution is 2.49. The largest absolute Gasteiger partial charge is 0.443 e. The number of carbonyl (C=O) groups is 1. The number of amides is 1. The van der Waals surface area contributed by atoms with Gasteiger partial charge in [0.1, 0.15) is 12.2 Å². The molecule has 148 valence electrons. The zero-order chi connectivity index (χ0) is 19.4. The van der Waals surface area contributed by atoms with Crippen molar-refractivity contribution >= 4 is 17.5 Å². The van der Waals surface area contributed by atoms with Crippen LogP contribution in [-0.2, 0) is 9.47 Å². The van der Waals surface area contributed by atoms with Gasteiger partial charge in [-0.1, -0.05) is 20.3 Å². The quantitative estimate of drug-likeness (QED) is 0.458. The van der Waals surface area contributed by atoms with Gasteiger partial charge in [-0.2, -0.15) is 0 Å². The van der Waals surface area contributed by atoms with Crippen LogP contribution in [0, 0.1) is 10.1 Å². The van der Waals surface area contributed by atoms with Crippen LogP contribution >= 0.6 is 0 Å². The normalized spacial score (nSPS) is 27.2. The molecule has 1 saturated heterocycles. The number of non-ortho nitro benzene ring substituents is 1. The van der Waals surface area contributed by atoms with Crippen LogP contribution in [0.1, 0.15) is 46.0 Å². The van der Waals surface area contributed by atoms with Crippen molar-refractivity contribution in [1.29, 1.82) is 0 Å². The van der Waals surface area contributed by atoms with E-state index in [0.717, 1.165) is 45.2 Å². The molecule has 3 rings (SSSR count). The molecule has 1 N–H and O–H groups in total. The third kappa shape index (κ3) is 4.22. The van der Waals surface area contributed by atoms with E-state index in [1.807, 2.05) is 0 Å². The Morgan fingerprint density at radius 2 is 2.00 bits per heavy atom. The fourth-order valence-electron chi connectivity index (χ4n) is 4.05. The molecule has 1 aromatic carbocycles. The minimum absolute atomic E-state index is 0.0238. The zero-order valence-electron chi connectivity index (χ0n) is 15.8. The maximum Gasteiger partial charge on any atom is 0.411 e. The van der Waals surface area contributed by atoms with Crippen molar-refractivity contribution in [3.05, 3.63) is 34.4 Å². The van der Waals surface area contributed by atoms with Gasteiger partial charge in [0, 0.05) is 17.8 Å². The van der Waals surface area contributed by atoms with Crippen molar-refractivity contribution in [1.82, 2.24) is 4.90 Å². The Kier molecular flexibility index (Phi) is 5.96. The van der Waals surface area contributed by atoms with Gasteiger partial charge in [-0.25, -0.2) is 4.79 Å². The number of anilines is 1. The number of hydrogen-bond donors (Lipinski definition) is 1. The van der Waals surface area contributed by atoms with Crippen molar-refractivity contribution in [2.75, 3.05) is 18.4 Å². The van der Waals surface area contributed by atoms with Gasteiger partial charge >= 0.3 is 6.09 Å². The average molecular weight is 377 g/mol. The number of carbonyl (C=O) groups excluding carboxylic acids is 1. The van der Waals surface area contributed by atoms with Crippen LogP contribution in [0.2, 0.25) is 0 Å². The first-order chi connectivity index (χ1) is 13.0. The average Bonchev–Trinajstić information content (AvgIpc) is 3.34. The first kappa shape index (κ1) is 19.6. The van der Waals surface area contributed by atoms with E-state index in [9.17, 15) is 14.9 Å². The minimum atomic E-state index is -0.557. The first-order valence-electron chi connectivity index (χ1n) is 9.65. The Bertz CT molecular complexity index is 676. The number of fused-ring (bicyclic) bond motifs is 1.